The van der Waals surface area contributed by atoms with Crippen molar-refractivity contribution in [3.05, 3.63) is 47.5 Å². The van der Waals surface area contributed by atoms with Gasteiger partial charge in [-0.3, -0.25) is 9.59 Å². The molecule has 3 N–H and O–H groups in total. The molecule has 0 fully saturated rings. The molecule has 2 aromatic rings. The third kappa shape index (κ3) is 4.15. The van der Waals surface area contributed by atoms with E-state index < -0.39 is 5.91 Å². The lowest BCUT2D eigenvalue weighted by Gasteiger charge is -2.07. The monoisotopic (exact) mass is 301 g/mol. The Balaban J connectivity index is 1.99. The van der Waals surface area contributed by atoms with E-state index in [4.69, 9.17) is 5.73 Å². The first-order valence-corrected chi connectivity index (χ1v) is 7.14. The third-order valence-corrected chi connectivity index (χ3v) is 3.07. The Hall–Kier alpha value is -2.70. The summed E-state index contributed by atoms with van der Waals surface area (Å²) in [5, 5.41) is 6.81. The number of hydrogen-bond acceptors (Lipinski definition) is 4. The Morgan fingerprint density at radius 1 is 1.27 bits per heavy atom. The van der Waals surface area contributed by atoms with Crippen LogP contribution in [0, 0.1) is 0 Å². The summed E-state index contributed by atoms with van der Waals surface area (Å²) in [6, 6.07) is 9.62. The van der Waals surface area contributed by atoms with Gasteiger partial charge in [-0.2, -0.15) is 0 Å². The Labute approximate surface area is 128 Å². The van der Waals surface area contributed by atoms with E-state index in [9.17, 15) is 9.59 Å². The van der Waals surface area contributed by atoms with Crippen LogP contribution in [-0.2, 0) is 24.3 Å². The van der Waals surface area contributed by atoms with Crippen molar-refractivity contribution in [3.8, 4) is 0 Å². The van der Waals surface area contributed by atoms with Crippen LogP contribution in [0.2, 0.25) is 0 Å². The number of hydrogen-bond donors (Lipinski definition) is 2. The average molecular weight is 301 g/mol. The summed E-state index contributed by atoms with van der Waals surface area (Å²) in [6.07, 6.45) is 1.47. The van der Waals surface area contributed by atoms with Crippen LogP contribution in [0.25, 0.3) is 0 Å². The van der Waals surface area contributed by atoms with Crippen LogP contribution < -0.4 is 11.1 Å². The summed E-state index contributed by atoms with van der Waals surface area (Å²) in [4.78, 5) is 27.2. The van der Waals surface area contributed by atoms with E-state index in [1.165, 1.54) is 4.68 Å². The normalized spacial score (nSPS) is 10.4. The van der Waals surface area contributed by atoms with Crippen molar-refractivity contribution in [3.63, 3.8) is 0 Å². The van der Waals surface area contributed by atoms with Crippen molar-refractivity contribution in [2.24, 2.45) is 5.73 Å². The molecule has 0 aliphatic heterocycles. The minimum absolute atomic E-state index is 0.0163. The maximum atomic E-state index is 12.0. The minimum Gasteiger partial charge on any atom is -0.363 e. The summed E-state index contributed by atoms with van der Waals surface area (Å²) >= 11 is 0. The van der Waals surface area contributed by atoms with Crippen molar-refractivity contribution >= 4 is 11.8 Å². The summed E-state index contributed by atoms with van der Waals surface area (Å²) < 4.78 is 1.43. The van der Waals surface area contributed by atoms with E-state index >= 15 is 0 Å². The maximum absolute atomic E-state index is 12.0. The molecule has 7 nitrogen and oxygen atoms in total. The van der Waals surface area contributed by atoms with Crippen LogP contribution in [0.5, 0.6) is 0 Å². The summed E-state index contributed by atoms with van der Waals surface area (Å²) in [7, 11) is 0. The molecule has 0 saturated heterocycles. The smallest absolute Gasteiger partial charge is 0.288 e. The van der Waals surface area contributed by atoms with Gasteiger partial charge in [0.15, 0.2) is 0 Å². The van der Waals surface area contributed by atoms with E-state index in [-0.39, 0.29) is 18.3 Å². The van der Waals surface area contributed by atoms with Gasteiger partial charge >= 0.3 is 0 Å². The molecule has 0 bridgehead atoms. The Morgan fingerprint density at radius 3 is 2.64 bits per heavy atom. The molecule has 2 amide bonds. The van der Waals surface area contributed by atoms with Crippen molar-refractivity contribution < 1.29 is 9.59 Å². The zero-order valence-electron chi connectivity index (χ0n) is 12.5. The number of carbonyl (C=O) groups excluding carboxylic acids is 2. The highest BCUT2D eigenvalue weighted by molar-refractivity contribution is 5.88. The SMILES string of the molecule is CCCc1nc(C(N)=O)nn1CC(=O)NCc1ccccc1. The topological polar surface area (TPSA) is 103 Å². The number of aromatic nitrogens is 3. The predicted molar refractivity (Wildman–Crippen MR) is 80.8 cm³/mol. The van der Waals surface area contributed by atoms with Gasteiger partial charge in [-0.05, 0) is 12.0 Å². The van der Waals surface area contributed by atoms with Crippen molar-refractivity contribution in [1.29, 1.82) is 0 Å². The van der Waals surface area contributed by atoms with Gasteiger partial charge < -0.3 is 11.1 Å². The zero-order chi connectivity index (χ0) is 15.9. The summed E-state index contributed by atoms with van der Waals surface area (Å²) in [5.41, 5.74) is 6.19. The van der Waals surface area contributed by atoms with Gasteiger partial charge in [0.05, 0.1) is 0 Å². The molecule has 1 aromatic heterocycles. The molecule has 0 spiro atoms. The number of nitrogens with two attached hydrogens (primary N) is 1. The van der Waals surface area contributed by atoms with E-state index in [0.29, 0.717) is 18.8 Å². The van der Waals surface area contributed by atoms with Crippen molar-refractivity contribution in [2.45, 2.75) is 32.9 Å². The second kappa shape index (κ2) is 7.35. The van der Waals surface area contributed by atoms with E-state index in [1.54, 1.807) is 0 Å². The number of rotatable bonds is 7. The van der Waals surface area contributed by atoms with Crippen LogP contribution in [0.3, 0.4) is 0 Å². The van der Waals surface area contributed by atoms with Crippen LogP contribution in [0.1, 0.15) is 35.4 Å². The van der Waals surface area contributed by atoms with Gasteiger partial charge in [-0.15, -0.1) is 5.10 Å². The average Bonchev–Trinajstić information content (AvgIpc) is 2.90. The van der Waals surface area contributed by atoms with Gasteiger partial charge in [0.25, 0.3) is 5.91 Å². The number of carbonyl (C=O) groups is 2. The molecular weight excluding hydrogens is 282 g/mol. The van der Waals surface area contributed by atoms with Gasteiger partial charge in [-0.1, -0.05) is 37.3 Å². The molecule has 0 unspecified atom stereocenters. The summed E-state index contributed by atoms with van der Waals surface area (Å²) in [6.45, 7) is 2.45. The molecule has 2 rings (SSSR count). The highest BCUT2D eigenvalue weighted by Crippen LogP contribution is 2.03. The summed E-state index contributed by atoms with van der Waals surface area (Å²) in [5.74, 6) is -0.353. The minimum atomic E-state index is -0.694. The third-order valence-electron chi connectivity index (χ3n) is 3.07. The fourth-order valence-electron chi connectivity index (χ4n) is 2.00. The standard InChI is InChI=1S/C15H19N5O2/c1-2-6-12-18-15(14(16)22)19-20(12)10-13(21)17-9-11-7-4-3-5-8-11/h3-5,7-8H,2,6,9-10H2,1H3,(H2,16,22)(H,17,21). The maximum Gasteiger partial charge on any atom is 0.288 e. The van der Waals surface area contributed by atoms with Gasteiger partial charge in [-0.25, -0.2) is 9.67 Å². The van der Waals surface area contributed by atoms with Crippen LogP contribution >= 0.6 is 0 Å². The molecule has 0 atom stereocenters. The Kier molecular flexibility index (Phi) is 5.24. The number of benzene rings is 1. The van der Waals surface area contributed by atoms with Crippen LogP contribution in [0.15, 0.2) is 30.3 Å². The highest BCUT2D eigenvalue weighted by Gasteiger charge is 2.15. The van der Waals surface area contributed by atoms with E-state index in [1.807, 2.05) is 37.3 Å². The largest absolute Gasteiger partial charge is 0.363 e. The molecule has 7 heteroatoms. The lowest BCUT2D eigenvalue weighted by Crippen LogP contribution is -2.28. The van der Waals surface area contributed by atoms with E-state index in [0.717, 1.165) is 12.0 Å². The fourth-order valence-corrected chi connectivity index (χ4v) is 2.00. The highest BCUT2D eigenvalue weighted by atomic mass is 16.2. The molecule has 0 aliphatic carbocycles. The lowest BCUT2D eigenvalue weighted by atomic mass is 10.2. The van der Waals surface area contributed by atoms with Crippen molar-refractivity contribution in [1.82, 2.24) is 20.1 Å². The van der Waals surface area contributed by atoms with Gasteiger partial charge in [0, 0.05) is 13.0 Å². The number of nitrogens with one attached hydrogen (secondary N) is 1. The van der Waals surface area contributed by atoms with E-state index in [2.05, 4.69) is 15.4 Å². The Morgan fingerprint density at radius 2 is 2.00 bits per heavy atom. The molecule has 1 aromatic carbocycles. The van der Waals surface area contributed by atoms with Gasteiger partial charge in [0.2, 0.25) is 11.7 Å². The second-order valence-electron chi connectivity index (χ2n) is 4.89. The quantitative estimate of drug-likeness (QED) is 0.783. The molecule has 0 aliphatic rings. The molecular formula is C15H19N5O2. The van der Waals surface area contributed by atoms with Crippen molar-refractivity contribution in [2.75, 3.05) is 0 Å². The number of nitrogens with zero attached hydrogens (tertiary/aromatic N) is 3. The number of amides is 2. The molecule has 116 valence electrons. The first-order valence-electron chi connectivity index (χ1n) is 7.14. The Bertz CT molecular complexity index is 651. The predicted octanol–water partition coefficient (Wildman–Crippen LogP) is 0.646. The lowest BCUT2D eigenvalue weighted by molar-refractivity contribution is -0.122. The van der Waals surface area contributed by atoms with Gasteiger partial charge in [0.1, 0.15) is 12.4 Å². The van der Waals surface area contributed by atoms with Crippen LogP contribution in [0.4, 0.5) is 0 Å². The molecule has 0 radical (unpaired) electrons. The first-order chi connectivity index (χ1) is 10.6. The fraction of sp³-hybridized carbons (Fsp3) is 0.333. The zero-order valence-corrected chi connectivity index (χ0v) is 12.5. The number of primary amides is 1. The number of aryl methyl sites for hydroxylation is 1. The first kappa shape index (κ1) is 15.7. The van der Waals surface area contributed by atoms with Crippen LogP contribution in [-0.4, -0.2) is 26.6 Å². The molecule has 0 saturated carbocycles. The molecule has 1 heterocycles. The second-order valence-corrected chi connectivity index (χ2v) is 4.89. The molecule has 22 heavy (non-hydrogen) atoms.